The number of amides is 1. The van der Waals surface area contributed by atoms with Crippen LogP contribution in [0.1, 0.15) is 50.4 Å². The maximum absolute atomic E-state index is 12.9. The van der Waals surface area contributed by atoms with Crippen LogP contribution in [0.25, 0.3) is 0 Å². The molecule has 1 N–H and O–H groups in total. The van der Waals surface area contributed by atoms with Gasteiger partial charge >= 0.3 is 0 Å². The van der Waals surface area contributed by atoms with Gasteiger partial charge in [-0.15, -0.1) is 0 Å². The second-order valence-corrected chi connectivity index (χ2v) is 7.73. The van der Waals surface area contributed by atoms with E-state index in [2.05, 4.69) is 33.3 Å². The standard InChI is InChI=1S/C16H22BrF2N3O/c1-8(12-6-10-3-4-11(12)5-10)20-13(23)7-22-9(2)14(17)15(21-22)16(18)19/h8,10-12,16H,3-7H2,1-2H3,(H,20,23). The summed E-state index contributed by atoms with van der Waals surface area (Å²) in [6.07, 6.45) is 2.46. The Kier molecular flexibility index (Phi) is 4.76. The number of carbonyl (C=O) groups is 1. The van der Waals surface area contributed by atoms with Gasteiger partial charge in [-0.3, -0.25) is 9.48 Å². The maximum Gasteiger partial charge on any atom is 0.283 e. The van der Waals surface area contributed by atoms with Crippen LogP contribution in [0.15, 0.2) is 4.47 Å². The Hall–Kier alpha value is -0.980. The van der Waals surface area contributed by atoms with Crippen molar-refractivity contribution >= 4 is 21.8 Å². The Morgan fingerprint density at radius 3 is 2.70 bits per heavy atom. The van der Waals surface area contributed by atoms with Crippen molar-refractivity contribution in [3.05, 3.63) is 15.9 Å². The van der Waals surface area contributed by atoms with E-state index in [0.29, 0.717) is 11.6 Å². The molecule has 128 valence electrons. The molecule has 4 nitrogen and oxygen atoms in total. The third-order valence-electron chi connectivity index (χ3n) is 5.48. The van der Waals surface area contributed by atoms with E-state index in [1.807, 2.05) is 0 Å². The Morgan fingerprint density at radius 2 is 2.17 bits per heavy atom. The summed E-state index contributed by atoms with van der Waals surface area (Å²) in [6.45, 7) is 3.71. The highest BCUT2D eigenvalue weighted by molar-refractivity contribution is 9.10. The Balaban J connectivity index is 1.60. The highest BCUT2D eigenvalue weighted by Gasteiger charge is 2.42. The molecule has 0 spiro atoms. The first kappa shape index (κ1) is 16.9. The zero-order chi connectivity index (χ0) is 16.7. The molecule has 1 aromatic heterocycles. The summed E-state index contributed by atoms with van der Waals surface area (Å²) < 4.78 is 27.3. The summed E-state index contributed by atoms with van der Waals surface area (Å²) in [5.41, 5.74) is 0.236. The predicted octanol–water partition coefficient (Wildman–Crippen LogP) is 3.83. The average Bonchev–Trinajstić information content (AvgIpc) is 3.17. The number of halogens is 3. The minimum Gasteiger partial charge on any atom is -0.352 e. The molecular formula is C16H22BrF2N3O. The zero-order valence-electron chi connectivity index (χ0n) is 13.4. The van der Waals surface area contributed by atoms with E-state index >= 15 is 0 Å². The number of carbonyl (C=O) groups excluding carboxylic acids is 1. The second-order valence-electron chi connectivity index (χ2n) is 6.94. The zero-order valence-corrected chi connectivity index (χ0v) is 14.9. The summed E-state index contributed by atoms with van der Waals surface area (Å²) in [4.78, 5) is 12.3. The topological polar surface area (TPSA) is 46.9 Å². The second kappa shape index (κ2) is 6.49. The van der Waals surface area contributed by atoms with E-state index in [4.69, 9.17) is 0 Å². The molecule has 2 aliphatic carbocycles. The van der Waals surface area contributed by atoms with Crippen molar-refractivity contribution in [2.45, 2.75) is 58.5 Å². The quantitative estimate of drug-likeness (QED) is 0.831. The number of hydrogen-bond donors (Lipinski definition) is 1. The van der Waals surface area contributed by atoms with Gasteiger partial charge in [0.2, 0.25) is 5.91 Å². The lowest BCUT2D eigenvalue weighted by atomic mass is 9.84. The number of alkyl halides is 2. The van der Waals surface area contributed by atoms with E-state index in [1.165, 1.54) is 30.4 Å². The van der Waals surface area contributed by atoms with Gasteiger partial charge in [-0.25, -0.2) is 8.78 Å². The van der Waals surface area contributed by atoms with Crippen LogP contribution in [0.5, 0.6) is 0 Å². The molecule has 1 amide bonds. The van der Waals surface area contributed by atoms with Gasteiger partial charge in [-0.1, -0.05) is 6.42 Å². The number of aromatic nitrogens is 2. The van der Waals surface area contributed by atoms with Crippen molar-refractivity contribution in [1.29, 1.82) is 0 Å². The summed E-state index contributed by atoms with van der Waals surface area (Å²) in [5.74, 6) is 1.96. The summed E-state index contributed by atoms with van der Waals surface area (Å²) in [5, 5.41) is 6.89. The first-order valence-electron chi connectivity index (χ1n) is 8.17. The van der Waals surface area contributed by atoms with Gasteiger partial charge in [0, 0.05) is 6.04 Å². The normalized spacial score (nSPS) is 27.7. The van der Waals surface area contributed by atoms with Gasteiger partial charge in [0.1, 0.15) is 12.2 Å². The van der Waals surface area contributed by atoms with Gasteiger partial charge in [-0.2, -0.15) is 5.10 Å². The van der Waals surface area contributed by atoms with E-state index < -0.39 is 6.43 Å². The molecule has 1 heterocycles. The third kappa shape index (κ3) is 3.30. The fourth-order valence-corrected chi connectivity index (χ4v) is 4.75. The molecule has 2 bridgehead atoms. The minimum atomic E-state index is -2.65. The monoisotopic (exact) mass is 389 g/mol. The molecule has 4 atom stereocenters. The molecular weight excluding hydrogens is 368 g/mol. The molecule has 2 fully saturated rings. The highest BCUT2D eigenvalue weighted by atomic mass is 79.9. The van der Waals surface area contributed by atoms with Crippen molar-refractivity contribution in [2.24, 2.45) is 17.8 Å². The van der Waals surface area contributed by atoms with Crippen LogP contribution in [0.3, 0.4) is 0 Å². The number of hydrogen-bond acceptors (Lipinski definition) is 2. The van der Waals surface area contributed by atoms with Crippen LogP contribution in [-0.4, -0.2) is 21.7 Å². The number of fused-ring (bicyclic) bond motifs is 2. The van der Waals surface area contributed by atoms with Crippen LogP contribution < -0.4 is 5.32 Å². The SMILES string of the molecule is Cc1c(Br)c(C(F)F)nn1CC(=O)NC(C)C1CC2CCC1C2. The molecule has 3 rings (SSSR count). The predicted molar refractivity (Wildman–Crippen MR) is 86.2 cm³/mol. The molecule has 0 radical (unpaired) electrons. The molecule has 0 saturated heterocycles. The van der Waals surface area contributed by atoms with Gasteiger partial charge < -0.3 is 5.32 Å². The first-order valence-corrected chi connectivity index (χ1v) is 8.96. The van der Waals surface area contributed by atoms with Crippen LogP contribution in [-0.2, 0) is 11.3 Å². The first-order chi connectivity index (χ1) is 10.9. The van der Waals surface area contributed by atoms with Crippen molar-refractivity contribution < 1.29 is 13.6 Å². The van der Waals surface area contributed by atoms with Gasteiger partial charge in [-0.05, 0) is 66.8 Å². The summed E-state index contributed by atoms with van der Waals surface area (Å²) in [6, 6.07) is 0.131. The van der Waals surface area contributed by atoms with Crippen molar-refractivity contribution in [3.63, 3.8) is 0 Å². The highest BCUT2D eigenvalue weighted by Crippen LogP contribution is 2.49. The van der Waals surface area contributed by atoms with Crippen LogP contribution in [0.2, 0.25) is 0 Å². The van der Waals surface area contributed by atoms with E-state index in [0.717, 1.165) is 11.8 Å². The molecule has 0 aromatic carbocycles. The number of nitrogens with one attached hydrogen (secondary N) is 1. The molecule has 2 saturated carbocycles. The molecule has 0 aliphatic heterocycles. The minimum absolute atomic E-state index is 0.0255. The van der Waals surface area contributed by atoms with Crippen LogP contribution in [0.4, 0.5) is 8.78 Å². The molecule has 7 heteroatoms. The number of rotatable bonds is 5. The van der Waals surface area contributed by atoms with Gasteiger partial charge in [0.15, 0.2) is 0 Å². The fraction of sp³-hybridized carbons (Fsp3) is 0.750. The molecule has 4 unspecified atom stereocenters. The largest absolute Gasteiger partial charge is 0.352 e. The Morgan fingerprint density at radius 1 is 1.43 bits per heavy atom. The van der Waals surface area contributed by atoms with E-state index in [9.17, 15) is 13.6 Å². The lowest BCUT2D eigenvalue weighted by Crippen LogP contribution is -2.41. The lowest BCUT2D eigenvalue weighted by molar-refractivity contribution is -0.123. The summed E-state index contributed by atoms with van der Waals surface area (Å²) in [7, 11) is 0. The van der Waals surface area contributed by atoms with Crippen LogP contribution >= 0.6 is 15.9 Å². The van der Waals surface area contributed by atoms with Gasteiger partial charge in [0.25, 0.3) is 6.43 Å². The van der Waals surface area contributed by atoms with Crippen LogP contribution in [0, 0.1) is 24.7 Å². The Bertz CT molecular complexity index is 604. The molecule has 1 aromatic rings. The molecule has 23 heavy (non-hydrogen) atoms. The maximum atomic E-state index is 12.9. The number of nitrogens with zero attached hydrogens (tertiary/aromatic N) is 2. The van der Waals surface area contributed by atoms with Crippen molar-refractivity contribution in [3.8, 4) is 0 Å². The van der Waals surface area contributed by atoms with Crippen molar-refractivity contribution in [1.82, 2.24) is 15.1 Å². The van der Waals surface area contributed by atoms with Crippen molar-refractivity contribution in [2.75, 3.05) is 0 Å². The fourth-order valence-electron chi connectivity index (χ4n) is 4.29. The average molecular weight is 390 g/mol. The lowest BCUT2D eigenvalue weighted by Gasteiger charge is -2.28. The van der Waals surface area contributed by atoms with E-state index in [-0.39, 0.29) is 28.7 Å². The third-order valence-corrected chi connectivity index (χ3v) is 6.46. The Labute approximate surface area is 143 Å². The smallest absolute Gasteiger partial charge is 0.283 e. The summed E-state index contributed by atoms with van der Waals surface area (Å²) >= 11 is 3.12. The van der Waals surface area contributed by atoms with Gasteiger partial charge in [0.05, 0.1) is 10.2 Å². The molecule has 2 aliphatic rings. The van der Waals surface area contributed by atoms with E-state index in [1.54, 1.807) is 6.92 Å².